The van der Waals surface area contributed by atoms with Crippen molar-refractivity contribution in [3.63, 3.8) is 0 Å². The average molecular weight is 359 g/mol. The summed E-state index contributed by atoms with van der Waals surface area (Å²) in [5, 5.41) is 0.500. The fourth-order valence-corrected chi connectivity index (χ4v) is 2.33. The summed E-state index contributed by atoms with van der Waals surface area (Å²) in [4.78, 5) is 23.6. The van der Waals surface area contributed by atoms with E-state index >= 15 is 0 Å². The molecule has 0 spiro atoms. The number of ketones is 1. The van der Waals surface area contributed by atoms with Crippen molar-refractivity contribution >= 4 is 23.4 Å². The van der Waals surface area contributed by atoms with Gasteiger partial charge in [0.25, 0.3) is 0 Å². The second kappa shape index (κ2) is 9.64. The average Bonchev–Trinajstić information content (AvgIpc) is 2.64. The van der Waals surface area contributed by atoms with Crippen LogP contribution in [0.1, 0.15) is 28.8 Å². The largest absolute Gasteiger partial charge is 0.493 e. The van der Waals surface area contributed by atoms with Crippen molar-refractivity contribution < 1.29 is 19.1 Å². The third kappa shape index (κ3) is 5.76. The van der Waals surface area contributed by atoms with Gasteiger partial charge in [0.05, 0.1) is 18.8 Å². The fraction of sp³-hybridized carbons (Fsp3) is 0.200. The van der Waals surface area contributed by atoms with Crippen LogP contribution in [0.4, 0.5) is 0 Å². The molecule has 0 atom stereocenters. The van der Waals surface area contributed by atoms with Crippen LogP contribution in [0.25, 0.3) is 0 Å². The summed E-state index contributed by atoms with van der Waals surface area (Å²) in [5.74, 6) is -0.108. The lowest BCUT2D eigenvalue weighted by Crippen LogP contribution is -2.08. The van der Waals surface area contributed by atoms with E-state index in [1.165, 1.54) is 0 Å². The van der Waals surface area contributed by atoms with Gasteiger partial charge >= 0.3 is 5.97 Å². The Morgan fingerprint density at radius 1 is 1.04 bits per heavy atom. The predicted octanol–water partition coefficient (Wildman–Crippen LogP) is 4.46. The fourth-order valence-electron chi connectivity index (χ4n) is 2.17. The molecule has 0 aliphatic carbocycles. The van der Waals surface area contributed by atoms with E-state index < -0.39 is 5.97 Å². The lowest BCUT2D eigenvalue weighted by Gasteiger charge is -2.11. The van der Waals surface area contributed by atoms with Crippen molar-refractivity contribution in [2.24, 2.45) is 0 Å². The highest BCUT2D eigenvalue weighted by atomic mass is 35.5. The quantitative estimate of drug-likeness (QED) is 0.287. The molecule has 0 heterocycles. The zero-order valence-corrected chi connectivity index (χ0v) is 14.5. The Labute approximate surface area is 152 Å². The molecule has 0 aliphatic heterocycles. The van der Waals surface area contributed by atoms with Crippen LogP contribution in [-0.4, -0.2) is 25.0 Å². The number of esters is 1. The molecule has 0 bridgehead atoms. The van der Waals surface area contributed by atoms with E-state index in [1.807, 2.05) is 18.2 Å². The van der Waals surface area contributed by atoms with Gasteiger partial charge in [0.2, 0.25) is 0 Å². The van der Waals surface area contributed by atoms with Crippen LogP contribution in [0, 0.1) is 0 Å². The van der Waals surface area contributed by atoms with E-state index in [0.29, 0.717) is 48.0 Å². The number of rotatable bonds is 9. The van der Waals surface area contributed by atoms with E-state index in [-0.39, 0.29) is 5.78 Å². The van der Waals surface area contributed by atoms with Crippen molar-refractivity contribution in [1.29, 1.82) is 0 Å². The first-order valence-electron chi connectivity index (χ1n) is 7.93. The van der Waals surface area contributed by atoms with Crippen molar-refractivity contribution in [2.45, 2.75) is 12.8 Å². The second-order valence-corrected chi connectivity index (χ2v) is 5.70. The molecular weight excluding hydrogens is 340 g/mol. The molecule has 2 aromatic rings. The maximum Gasteiger partial charge on any atom is 0.330 e. The number of halogens is 1. The smallest absolute Gasteiger partial charge is 0.330 e. The number of unbranched alkanes of at least 4 members (excludes halogenated alkanes) is 1. The number of benzene rings is 2. The van der Waals surface area contributed by atoms with Crippen molar-refractivity contribution in [3.8, 4) is 5.75 Å². The normalized spacial score (nSPS) is 10.1. The zero-order valence-electron chi connectivity index (χ0n) is 13.7. The first-order valence-corrected chi connectivity index (χ1v) is 8.31. The summed E-state index contributed by atoms with van der Waals surface area (Å²) >= 11 is 6.02. The Morgan fingerprint density at radius 2 is 1.76 bits per heavy atom. The van der Waals surface area contributed by atoms with Crippen LogP contribution in [0.15, 0.2) is 61.2 Å². The van der Waals surface area contributed by atoms with Gasteiger partial charge in [-0.2, -0.15) is 0 Å². The highest BCUT2D eigenvalue weighted by molar-refractivity contribution is 6.31. The van der Waals surface area contributed by atoms with Crippen LogP contribution in [0.2, 0.25) is 5.02 Å². The summed E-state index contributed by atoms with van der Waals surface area (Å²) in [6.45, 7) is 4.03. The summed E-state index contributed by atoms with van der Waals surface area (Å²) in [6, 6.07) is 14.0. The molecular formula is C20H19ClO4. The van der Waals surface area contributed by atoms with Gasteiger partial charge in [0.1, 0.15) is 5.75 Å². The molecule has 25 heavy (non-hydrogen) atoms. The van der Waals surface area contributed by atoms with Crippen LogP contribution in [0.3, 0.4) is 0 Å². The highest BCUT2D eigenvalue weighted by Crippen LogP contribution is 2.26. The molecule has 0 N–H and O–H groups in total. The van der Waals surface area contributed by atoms with E-state index in [1.54, 1.807) is 30.3 Å². The minimum Gasteiger partial charge on any atom is -0.493 e. The third-order valence-corrected chi connectivity index (χ3v) is 3.67. The number of carbonyl (C=O) groups is 2. The Morgan fingerprint density at radius 3 is 2.48 bits per heavy atom. The van der Waals surface area contributed by atoms with Gasteiger partial charge in [0.15, 0.2) is 5.78 Å². The summed E-state index contributed by atoms with van der Waals surface area (Å²) < 4.78 is 10.6. The van der Waals surface area contributed by atoms with Gasteiger partial charge in [-0.15, -0.1) is 0 Å². The van der Waals surface area contributed by atoms with Crippen LogP contribution in [0.5, 0.6) is 5.75 Å². The predicted molar refractivity (Wildman–Crippen MR) is 97.2 cm³/mol. The van der Waals surface area contributed by atoms with Gasteiger partial charge in [-0.1, -0.05) is 48.5 Å². The first-order chi connectivity index (χ1) is 12.1. The third-order valence-electron chi connectivity index (χ3n) is 3.43. The van der Waals surface area contributed by atoms with Crippen LogP contribution in [-0.2, 0) is 9.53 Å². The molecule has 0 unspecified atom stereocenters. The molecule has 0 saturated heterocycles. The number of hydrogen-bond donors (Lipinski definition) is 0. The molecule has 0 radical (unpaired) electrons. The van der Waals surface area contributed by atoms with E-state index in [2.05, 4.69) is 6.58 Å². The minimum atomic E-state index is -0.438. The topological polar surface area (TPSA) is 52.6 Å². The van der Waals surface area contributed by atoms with Crippen molar-refractivity contribution in [2.75, 3.05) is 13.2 Å². The second-order valence-electron chi connectivity index (χ2n) is 5.26. The number of hydrogen-bond acceptors (Lipinski definition) is 4. The Bertz CT molecular complexity index is 741. The highest BCUT2D eigenvalue weighted by Gasteiger charge is 2.15. The molecule has 0 saturated carbocycles. The molecule has 130 valence electrons. The monoisotopic (exact) mass is 358 g/mol. The van der Waals surface area contributed by atoms with Gasteiger partial charge in [-0.05, 0) is 31.0 Å². The Hall–Kier alpha value is -2.59. The SMILES string of the molecule is C=CC(=O)OCCCCOc1cc(Cl)ccc1C(=O)c1ccccc1. The van der Waals surface area contributed by atoms with E-state index in [0.717, 1.165) is 6.08 Å². The summed E-state index contributed by atoms with van der Waals surface area (Å²) in [6.07, 6.45) is 2.46. The van der Waals surface area contributed by atoms with Gasteiger partial charge in [-0.3, -0.25) is 4.79 Å². The number of carbonyl (C=O) groups excluding carboxylic acids is 2. The molecule has 5 heteroatoms. The van der Waals surface area contributed by atoms with E-state index in [9.17, 15) is 9.59 Å². The van der Waals surface area contributed by atoms with Crippen molar-refractivity contribution in [3.05, 3.63) is 77.3 Å². The maximum absolute atomic E-state index is 12.6. The van der Waals surface area contributed by atoms with Gasteiger partial charge in [-0.25, -0.2) is 4.79 Å². The number of ether oxygens (including phenoxy) is 2. The molecule has 0 aromatic heterocycles. The Kier molecular flexibility index (Phi) is 7.23. The molecule has 4 nitrogen and oxygen atoms in total. The molecule has 2 rings (SSSR count). The summed E-state index contributed by atoms with van der Waals surface area (Å²) in [7, 11) is 0. The van der Waals surface area contributed by atoms with Crippen molar-refractivity contribution in [1.82, 2.24) is 0 Å². The molecule has 2 aromatic carbocycles. The Balaban J connectivity index is 1.96. The van der Waals surface area contributed by atoms with Crippen LogP contribution < -0.4 is 4.74 Å². The van der Waals surface area contributed by atoms with E-state index in [4.69, 9.17) is 21.1 Å². The standard InChI is InChI=1S/C20H19ClO4/c1-2-19(22)25-13-7-6-12-24-18-14-16(21)10-11-17(18)20(23)15-8-4-3-5-9-15/h2-5,8-11,14H,1,6-7,12-13H2. The lowest BCUT2D eigenvalue weighted by molar-refractivity contribution is -0.137. The molecule has 0 fully saturated rings. The maximum atomic E-state index is 12.6. The van der Waals surface area contributed by atoms with Gasteiger partial charge in [0, 0.05) is 16.7 Å². The zero-order chi connectivity index (χ0) is 18.1. The lowest BCUT2D eigenvalue weighted by atomic mass is 10.0. The molecule has 0 aliphatic rings. The summed E-state index contributed by atoms with van der Waals surface area (Å²) in [5.41, 5.74) is 1.06. The van der Waals surface area contributed by atoms with Crippen LogP contribution >= 0.6 is 11.6 Å². The minimum absolute atomic E-state index is 0.118. The molecule has 0 amide bonds. The first kappa shape index (κ1) is 18.7. The van der Waals surface area contributed by atoms with Gasteiger partial charge < -0.3 is 9.47 Å².